The van der Waals surface area contributed by atoms with Crippen LogP contribution in [0.5, 0.6) is 11.6 Å². The average molecular weight is 585 g/mol. The maximum Gasteiger partial charge on any atom is 0.534 e. The van der Waals surface area contributed by atoms with Gasteiger partial charge in [-0.25, -0.2) is 4.98 Å². The zero-order chi connectivity index (χ0) is 29.7. The Kier molecular flexibility index (Phi) is 9.32. The quantitative estimate of drug-likeness (QED) is 0.108. The molecule has 3 rings (SSSR count). The number of rotatable bonds is 12. The Morgan fingerprint density at radius 2 is 1.90 bits per heavy atom. The SMILES string of the molecule is CCCOCCCn1c(-c2cc(CC(=O)O)cc(OC(C)=O)c2)c(C#N)c2ncnc(OS(=O)(=O)C(F)(F)F)c21. The molecule has 0 saturated carbocycles. The van der Waals surface area contributed by atoms with Crippen LogP contribution in [0.2, 0.25) is 0 Å². The lowest BCUT2D eigenvalue weighted by Crippen LogP contribution is -2.28. The van der Waals surface area contributed by atoms with E-state index in [9.17, 15) is 41.5 Å². The summed E-state index contributed by atoms with van der Waals surface area (Å²) >= 11 is 0. The van der Waals surface area contributed by atoms with Crippen LogP contribution in [0.15, 0.2) is 24.5 Å². The molecule has 0 spiro atoms. The monoisotopic (exact) mass is 584 g/mol. The molecular formula is C24H23F3N4O8S. The number of fused-ring (bicyclic) bond motifs is 1. The van der Waals surface area contributed by atoms with Gasteiger partial charge in [0.1, 0.15) is 34.7 Å². The lowest BCUT2D eigenvalue weighted by Gasteiger charge is -2.15. The molecule has 0 radical (unpaired) electrons. The first-order chi connectivity index (χ1) is 18.8. The summed E-state index contributed by atoms with van der Waals surface area (Å²) in [4.78, 5) is 30.6. The Bertz CT molecular complexity index is 1550. The van der Waals surface area contributed by atoms with Crippen molar-refractivity contribution in [1.82, 2.24) is 14.5 Å². The molecule has 0 amide bonds. The van der Waals surface area contributed by atoms with Gasteiger partial charge in [-0.05, 0) is 36.6 Å². The Hall–Kier alpha value is -4.23. The minimum Gasteiger partial charge on any atom is -0.481 e. The number of carboxylic acids is 1. The number of hydrogen-bond acceptors (Lipinski definition) is 10. The second kappa shape index (κ2) is 12.3. The number of esters is 1. The van der Waals surface area contributed by atoms with E-state index in [1.807, 2.05) is 13.0 Å². The van der Waals surface area contributed by atoms with Crippen LogP contribution in [0, 0.1) is 11.3 Å². The first-order valence-electron chi connectivity index (χ1n) is 11.7. The Morgan fingerprint density at radius 3 is 2.50 bits per heavy atom. The highest BCUT2D eigenvalue weighted by Gasteiger charge is 2.49. The molecule has 0 aliphatic rings. The van der Waals surface area contributed by atoms with Gasteiger partial charge in [-0.1, -0.05) is 6.92 Å². The molecule has 0 fully saturated rings. The van der Waals surface area contributed by atoms with Gasteiger partial charge in [-0.3, -0.25) is 9.59 Å². The molecule has 0 unspecified atom stereocenters. The summed E-state index contributed by atoms with van der Waals surface area (Å²) in [5.41, 5.74) is -6.15. The summed E-state index contributed by atoms with van der Waals surface area (Å²) in [6.07, 6.45) is 1.24. The van der Waals surface area contributed by atoms with E-state index in [1.54, 1.807) is 0 Å². The molecule has 16 heteroatoms. The number of benzene rings is 1. The van der Waals surface area contributed by atoms with Gasteiger partial charge in [0.25, 0.3) is 5.88 Å². The lowest BCUT2D eigenvalue weighted by atomic mass is 10.0. The van der Waals surface area contributed by atoms with Crippen LogP contribution in [0.25, 0.3) is 22.3 Å². The molecule has 0 atom stereocenters. The highest BCUT2D eigenvalue weighted by molar-refractivity contribution is 7.88. The van der Waals surface area contributed by atoms with Gasteiger partial charge in [0, 0.05) is 32.2 Å². The number of nitrogens with zero attached hydrogens (tertiary/aromatic N) is 4. The van der Waals surface area contributed by atoms with Gasteiger partial charge in [-0.2, -0.15) is 31.8 Å². The number of halogens is 3. The van der Waals surface area contributed by atoms with E-state index >= 15 is 0 Å². The summed E-state index contributed by atoms with van der Waals surface area (Å²) in [5, 5.41) is 19.4. The average Bonchev–Trinajstić information content (AvgIpc) is 3.16. The first kappa shape index (κ1) is 30.3. The van der Waals surface area contributed by atoms with Crippen LogP contribution in [0.4, 0.5) is 13.2 Å². The summed E-state index contributed by atoms with van der Waals surface area (Å²) in [7, 11) is -6.14. The van der Waals surface area contributed by atoms with Crippen molar-refractivity contribution in [3.05, 3.63) is 35.7 Å². The maximum absolute atomic E-state index is 13.1. The number of nitriles is 1. The van der Waals surface area contributed by atoms with Crippen molar-refractivity contribution in [2.75, 3.05) is 13.2 Å². The van der Waals surface area contributed by atoms with Crippen molar-refractivity contribution in [2.45, 2.75) is 45.2 Å². The summed E-state index contributed by atoms with van der Waals surface area (Å²) in [5.74, 6) is -2.96. The van der Waals surface area contributed by atoms with Crippen LogP contribution in [0.3, 0.4) is 0 Å². The van der Waals surface area contributed by atoms with E-state index in [0.717, 1.165) is 19.7 Å². The van der Waals surface area contributed by atoms with Crippen molar-refractivity contribution >= 4 is 33.1 Å². The van der Waals surface area contributed by atoms with Gasteiger partial charge in [0.2, 0.25) is 0 Å². The lowest BCUT2D eigenvalue weighted by molar-refractivity contribution is -0.136. The fourth-order valence-corrected chi connectivity index (χ4v) is 4.28. The summed E-state index contributed by atoms with van der Waals surface area (Å²) in [6.45, 7) is 3.63. The van der Waals surface area contributed by atoms with Crippen LogP contribution < -0.4 is 8.92 Å². The van der Waals surface area contributed by atoms with Crippen molar-refractivity contribution in [1.29, 1.82) is 5.26 Å². The van der Waals surface area contributed by atoms with Crippen LogP contribution >= 0.6 is 0 Å². The van der Waals surface area contributed by atoms with Crippen molar-refractivity contribution in [3.63, 3.8) is 0 Å². The van der Waals surface area contributed by atoms with Crippen molar-refractivity contribution in [2.24, 2.45) is 0 Å². The highest BCUT2D eigenvalue weighted by Crippen LogP contribution is 2.39. The first-order valence-corrected chi connectivity index (χ1v) is 13.1. The van der Waals surface area contributed by atoms with Gasteiger partial charge in [-0.15, -0.1) is 0 Å². The van der Waals surface area contributed by atoms with E-state index in [2.05, 4.69) is 14.2 Å². The molecule has 2 heterocycles. The third kappa shape index (κ3) is 6.85. The number of hydrogen-bond donors (Lipinski definition) is 1. The van der Waals surface area contributed by atoms with Crippen LogP contribution in [0.1, 0.15) is 37.8 Å². The molecule has 0 aliphatic heterocycles. The molecule has 1 N–H and O–H groups in total. The Labute approximate surface area is 226 Å². The molecule has 214 valence electrons. The largest absolute Gasteiger partial charge is 0.534 e. The van der Waals surface area contributed by atoms with Crippen LogP contribution in [-0.4, -0.2) is 58.7 Å². The van der Waals surface area contributed by atoms with Crippen LogP contribution in [-0.2, 0) is 37.4 Å². The van der Waals surface area contributed by atoms with Gasteiger partial charge in [0.15, 0.2) is 0 Å². The van der Waals surface area contributed by atoms with Gasteiger partial charge in [0.05, 0.1) is 12.1 Å². The minimum atomic E-state index is -6.14. The maximum atomic E-state index is 13.1. The third-order valence-corrected chi connectivity index (χ3v) is 6.21. The summed E-state index contributed by atoms with van der Waals surface area (Å²) < 4.78 is 79.3. The number of carboxylic acid groups (broad SMARTS) is 1. The molecule has 12 nitrogen and oxygen atoms in total. The molecular weight excluding hydrogens is 561 g/mol. The predicted molar refractivity (Wildman–Crippen MR) is 132 cm³/mol. The minimum absolute atomic E-state index is 0.0287. The van der Waals surface area contributed by atoms with Crippen molar-refractivity contribution in [3.8, 4) is 29.0 Å². The molecule has 2 aromatic heterocycles. The zero-order valence-corrected chi connectivity index (χ0v) is 22.0. The van der Waals surface area contributed by atoms with E-state index in [0.29, 0.717) is 6.61 Å². The second-order valence-corrected chi connectivity index (χ2v) is 9.88. The fourth-order valence-electron chi connectivity index (χ4n) is 3.86. The molecule has 3 aromatic rings. The van der Waals surface area contributed by atoms with Gasteiger partial charge < -0.3 is 23.3 Å². The highest BCUT2D eigenvalue weighted by atomic mass is 32.2. The number of aromatic nitrogens is 3. The number of carbonyl (C=O) groups excluding carboxylic acids is 1. The van der Waals surface area contributed by atoms with E-state index < -0.39 is 39.9 Å². The van der Waals surface area contributed by atoms with Gasteiger partial charge >= 0.3 is 27.6 Å². The number of ether oxygens (including phenoxy) is 2. The van der Waals surface area contributed by atoms with Crippen molar-refractivity contribution < 1.29 is 49.9 Å². The molecule has 0 aliphatic carbocycles. The molecule has 0 saturated heterocycles. The number of alkyl halides is 3. The predicted octanol–water partition coefficient (Wildman–Crippen LogP) is 3.57. The molecule has 0 bridgehead atoms. The molecule has 1 aromatic carbocycles. The van der Waals surface area contributed by atoms with E-state index in [1.165, 1.54) is 22.8 Å². The standard InChI is InChI=1S/C24H23F3N4O8S/c1-3-6-37-7-4-5-31-21(16-8-15(10-19(33)34)9-17(11-16)38-14(2)32)18(12-28)20-22(31)23(30-13-29-20)39-40(35,36)24(25,26)27/h8-9,11,13H,3-7,10H2,1-2H3,(H,33,34). The van der Waals surface area contributed by atoms with E-state index in [-0.39, 0.29) is 58.7 Å². The van der Waals surface area contributed by atoms with E-state index in [4.69, 9.17) is 9.47 Å². The molecule has 40 heavy (non-hydrogen) atoms. The Morgan fingerprint density at radius 1 is 1.18 bits per heavy atom. The number of carbonyl (C=O) groups is 2. The zero-order valence-electron chi connectivity index (χ0n) is 21.2. The number of aliphatic carboxylic acids is 1. The topological polar surface area (TPSA) is 171 Å². The summed E-state index contributed by atoms with van der Waals surface area (Å²) in [6, 6.07) is 5.94. The Balaban J connectivity index is 2.33. The second-order valence-electron chi connectivity index (χ2n) is 8.34. The third-order valence-electron chi connectivity index (χ3n) is 5.26. The fraction of sp³-hybridized carbons (Fsp3) is 0.375. The number of aryl methyl sites for hydroxylation is 1. The smallest absolute Gasteiger partial charge is 0.481 e. The normalized spacial score (nSPS) is 11.8.